The summed E-state index contributed by atoms with van der Waals surface area (Å²) in [5, 5.41) is 56.2. The summed E-state index contributed by atoms with van der Waals surface area (Å²) in [5.74, 6) is 0. The summed E-state index contributed by atoms with van der Waals surface area (Å²) in [7, 11) is 0. The lowest BCUT2D eigenvalue weighted by atomic mass is 9.99. The monoisotopic (exact) mass is 310 g/mol. The van der Waals surface area contributed by atoms with Crippen molar-refractivity contribution in [2.75, 3.05) is 19.8 Å². The van der Waals surface area contributed by atoms with Crippen LogP contribution in [0.25, 0.3) is 0 Å². The Labute approximate surface area is 125 Å². The van der Waals surface area contributed by atoms with Gasteiger partial charge in [-0.15, -0.1) is 0 Å². The molecule has 0 radical (unpaired) electrons. The maximum atomic E-state index is 9.90. The topological polar surface area (TPSA) is 131 Å². The fourth-order valence-electron chi connectivity index (χ4n) is 2.00. The van der Waals surface area contributed by atoms with Gasteiger partial charge in [-0.25, -0.2) is 0 Å². The minimum atomic E-state index is -1.67. The Bertz CT molecular complexity index is 239. The zero-order chi connectivity index (χ0) is 16.3. The molecule has 0 aliphatic carbocycles. The fraction of sp³-hybridized carbons (Fsp3) is 1.00. The molecule has 0 spiro atoms. The smallest absolute Gasteiger partial charge is 0.114 e. The lowest BCUT2D eigenvalue weighted by molar-refractivity contribution is -0.165. The van der Waals surface area contributed by atoms with Gasteiger partial charge in [0.2, 0.25) is 0 Å². The highest BCUT2D eigenvalue weighted by molar-refractivity contribution is 4.85. The van der Waals surface area contributed by atoms with Gasteiger partial charge in [-0.3, -0.25) is 0 Å². The van der Waals surface area contributed by atoms with Gasteiger partial charge in [-0.1, -0.05) is 32.6 Å². The molecule has 128 valence electrons. The minimum absolute atomic E-state index is 0.268. The SMILES string of the molecule is CCCCCCCOC([C@@H](O)C(O)[C@@H](O)CO)[C@@H](O)CO. The van der Waals surface area contributed by atoms with Gasteiger partial charge in [0, 0.05) is 6.61 Å². The lowest BCUT2D eigenvalue weighted by Gasteiger charge is -2.31. The van der Waals surface area contributed by atoms with E-state index in [1.165, 1.54) is 0 Å². The van der Waals surface area contributed by atoms with E-state index in [4.69, 9.17) is 14.9 Å². The molecule has 0 aliphatic rings. The molecule has 7 nitrogen and oxygen atoms in total. The zero-order valence-corrected chi connectivity index (χ0v) is 12.6. The van der Waals surface area contributed by atoms with Crippen LogP contribution in [0.4, 0.5) is 0 Å². The summed E-state index contributed by atoms with van der Waals surface area (Å²) in [6.07, 6.45) is -2.40. The van der Waals surface area contributed by atoms with Crippen LogP contribution >= 0.6 is 0 Å². The molecule has 2 unspecified atom stereocenters. The van der Waals surface area contributed by atoms with Crippen LogP contribution < -0.4 is 0 Å². The number of rotatable bonds is 13. The highest BCUT2D eigenvalue weighted by Gasteiger charge is 2.35. The molecule has 0 saturated carbocycles. The van der Waals surface area contributed by atoms with Gasteiger partial charge < -0.3 is 35.4 Å². The van der Waals surface area contributed by atoms with E-state index in [0.717, 1.165) is 32.1 Å². The van der Waals surface area contributed by atoms with Crippen LogP contribution in [0.2, 0.25) is 0 Å². The van der Waals surface area contributed by atoms with E-state index >= 15 is 0 Å². The number of hydrogen-bond donors (Lipinski definition) is 6. The summed E-state index contributed by atoms with van der Waals surface area (Å²) in [5.41, 5.74) is 0. The molecule has 0 heterocycles. The maximum Gasteiger partial charge on any atom is 0.114 e. The van der Waals surface area contributed by atoms with E-state index in [9.17, 15) is 20.4 Å². The Kier molecular flexibility index (Phi) is 12.1. The maximum absolute atomic E-state index is 9.90. The Morgan fingerprint density at radius 2 is 1.33 bits per heavy atom. The summed E-state index contributed by atoms with van der Waals surface area (Å²) in [6.45, 7) is 1.01. The quantitative estimate of drug-likeness (QED) is 0.235. The van der Waals surface area contributed by atoms with Gasteiger partial charge >= 0.3 is 0 Å². The Morgan fingerprint density at radius 1 is 0.762 bits per heavy atom. The van der Waals surface area contributed by atoms with Crippen LogP contribution in [-0.2, 0) is 4.74 Å². The first kappa shape index (κ1) is 20.7. The summed E-state index contributed by atoms with van der Waals surface area (Å²) < 4.78 is 5.34. The first-order chi connectivity index (χ1) is 9.99. The minimum Gasteiger partial charge on any atom is -0.394 e. The van der Waals surface area contributed by atoms with E-state index in [1.807, 2.05) is 0 Å². The van der Waals surface area contributed by atoms with Crippen molar-refractivity contribution in [3.63, 3.8) is 0 Å². The van der Waals surface area contributed by atoms with Gasteiger partial charge in [0.25, 0.3) is 0 Å². The molecule has 0 aromatic carbocycles. The number of aliphatic hydroxyl groups excluding tert-OH is 6. The van der Waals surface area contributed by atoms with Crippen molar-refractivity contribution >= 4 is 0 Å². The molecule has 0 bridgehead atoms. The van der Waals surface area contributed by atoms with Gasteiger partial charge in [-0.2, -0.15) is 0 Å². The average Bonchev–Trinajstić information content (AvgIpc) is 2.51. The predicted octanol–water partition coefficient (Wildman–Crippen LogP) is -1.23. The van der Waals surface area contributed by atoms with Crippen molar-refractivity contribution in [1.82, 2.24) is 0 Å². The van der Waals surface area contributed by atoms with Crippen molar-refractivity contribution in [2.45, 2.75) is 69.5 Å². The Hall–Kier alpha value is -0.280. The lowest BCUT2D eigenvalue weighted by Crippen LogP contribution is -2.52. The standard InChI is InChI=1S/C14H30O7/c1-2-3-4-5-6-7-21-14(11(18)9-16)13(20)12(19)10(17)8-15/h10-20H,2-9H2,1H3/t10-,11-,12?,13-,14?/m0/s1. The largest absolute Gasteiger partial charge is 0.394 e. The van der Waals surface area contributed by atoms with E-state index in [2.05, 4.69) is 6.92 Å². The van der Waals surface area contributed by atoms with E-state index in [1.54, 1.807) is 0 Å². The molecular formula is C14H30O7. The molecule has 0 aliphatic heterocycles. The van der Waals surface area contributed by atoms with Crippen molar-refractivity contribution in [3.05, 3.63) is 0 Å². The normalized spacial score (nSPS) is 19.0. The molecule has 0 rings (SSSR count). The van der Waals surface area contributed by atoms with Gasteiger partial charge in [0.15, 0.2) is 0 Å². The Balaban J connectivity index is 4.31. The van der Waals surface area contributed by atoms with Gasteiger partial charge in [0.05, 0.1) is 13.2 Å². The Morgan fingerprint density at radius 3 is 1.86 bits per heavy atom. The first-order valence-electron chi connectivity index (χ1n) is 7.55. The van der Waals surface area contributed by atoms with Crippen molar-refractivity contribution < 1.29 is 35.4 Å². The third-order valence-corrected chi connectivity index (χ3v) is 3.39. The van der Waals surface area contributed by atoms with Crippen LogP contribution in [0, 0.1) is 0 Å². The molecular weight excluding hydrogens is 280 g/mol. The third-order valence-electron chi connectivity index (χ3n) is 3.39. The summed E-state index contributed by atoms with van der Waals surface area (Å²) >= 11 is 0. The predicted molar refractivity (Wildman–Crippen MR) is 76.7 cm³/mol. The molecule has 0 amide bonds. The highest BCUT2D eigenvalue weighted by Crippen LogP contribution is 2.13. The van der Waals surface area contributed by atoms with E-state index < -0.39 is 43.7 Å². The molecule has 0 saturated heterocycles. The molecule has 6 N–H and O–H groups in total. The second kappa shape index (κ2) is 12.3. The molecule has 0 aromatic heterocycles. The van der Waals surface area contributed by atoms with Crippen molar-refractivity contribution in [2.24, 2.45) is 0 Å². The first-order valence-corrected chi connectivity index (χ1v) is 7.55. The van der Waals surface area contributed by atoms with Gasteiger partial charge in [0.1, 0.15) is 30.5 Å². The van der Waals surface area contributed by atoms with Gasteiger partial charge in [-0.05, 0) is 6.42 Å². The van der Waals surface area contributed by atoms with Crippen LogP contribution in [0.1, 0.15) is 39.0 Å². The van der Waals surface area contributed by atoms with E-state index in [-0.39, 0.29) is 6.61 Å². The second-order valence-electron chi connectivity index (χ2n) is 5.23. The fourth-order valence-corrected chi connectivity index (χ4v) is 2.00. The van der Waals surface area contributed by atoms with Crippen molar-refractivity contribution in [1.29, 1.82) is 0 Å². The average molecular weight is 310 g/mol. The van der Waals surface area contributed by atoms with Crippen LogP contribution in [-0.4, -0.2) is 81.0 Å². The number of unbranched alkanes of at least 4 members (excludes halogenated alkanes) is 4. The third kappa shape index (κ3) is 8.06. The number of aliphatic hydroxyl groups is 6. The number of hydrogen-bond acceptors (Lipinski definition) is 7. The summed E-state index contributed by atoms with van der Waals surface area (Å²) in [6, 6.07) is 0. The molecule has 0 fully saturated rings. The highest BCUT2D eigenvalue weighted by atomic mass is 16.5. The molecule has 0 aromatic rings. The van der Waals surface area contributed by atoms with Crippen LogP contribution in [0.3, 0.4) is 0 Å². The summed E-state index contributed by atoms with van der Waals surface area (Å²) in [4.78, 5) is 0. The zero-order valence-electron chi connectivity index (χ0n) is 12.6. The van der Waals surface area contributed by atoms with Crippen molar-refractivity contribution in [3.8, 4) is 0 Å². The van der Waals surface area contributed by atoms with Crippen LogP contribution in [0.15, 0.2) is 0 Å². The van der Waals surface area contributed by atoms with Crippen LogP contribution in [0.5, 0.6) is 0 Å². The second-order valence-corrected chi connectivity index (χ2v) is 5.23. The molecule has 21 heavy (non-hydrogen) atoms. The van der Waals surface area contributed by atoms with E-state index in [0.29, 0.717) is 0 Å². The molecule has 7 heteroatoms. The molecule has 5 atom stereocenters. The number of ether oxygens (including phenoxy) is 1.